The Kier molecular flexibility index (Phi) is 6.08. The molecule has 1 saturated heterocycles. The van der Waals surface area contributed by atoms with Crippen molar-refractivity contribution in [3.05, 3.63) is 58.7 Å². The van der Waals surface area contributed by atoms with E-state index in [0.717, 1.165) is 36.6 Å². The maximum absolute atomic E-state index is 12.6. The molecule has 2 amide bonds. The van der Waals surface area contributed by atoms with Gasteiger partial charge in [0.25, 0.3) is 0 Å². The van der Waals surface area contributed by atoms with Crippen molar-refractivity contribution in [3.8, 4) is 0 Å². The van der Waals surface area contributed by atoms with Crippen LogP contribution in [0, 0.1) is 13.8 Å². The monoisotopic (exact) mass is 407 g/mol. The molecule has 2 aromatic rings. The van der Waals surface area contributed by atoms with E-state index in [2.05, 4.69) is 49.8 Å². The molecule has 1 atom stereocenters. The number of nitrogens with zero attached hydrogens (tertiary/aromatic N) is 3. The van der Waals surface area contributed by atoms with E-state index < -0.39 is 6.04 Å². The first-order valence-electron chi connectivity index (χ1n) is 10.7. The van der Waals surface area contributed by atoms with Crippen molar-refractivity contribution in [2.24, 2.45) is 0 Å². The maximum atomic E-state index is 12.6. The summed E-state index contributed by atoms with van der Waals surface area (Å²) in [6.07, 6.45) is 2.62. The van der Waals surface area contributed by atoms with E-state index in [1.807, 2.05) is 19.9 Å². The van der Waals surface area contributed by atoms with Gasteiger partial charge in [0.15, 0.2) is 0 Å². The van der Waals surface area contributed by atoms with Gasteiger partial charge in [-0.1, -0.05) is 24.3 Å². The van der Waals surface area contributed by atoms with Crippen LogP contribution >= 0.6 is 0 Å². The SMILES string of the molecule is Cc1cc(C)nc(CCNC(=O)CC2C(=O)NCCN2C2Cc3ccccc3C2)n1. The van der Waals surface area contributed by atoms with Crippen molar-refractivity contribution in [2.75, 3.05) is 19.6 Å². The highest BCUT2D eigenvalue weighted by Crippen LogP contribution is 2.28. The summed E-state index contributed by atoms with van der Waals surface area (Å²) < 4.78 is 0. The zero-order valence-electron chi connectivity index (χ0n) is 17.6. The maximum Gasteiger partial charge on any atom is 0.237 e. The fraction of sp³-hybridized carbons (Fsp3) is 0.478. The highest BCUT2D eigenvalue weighted by Gasteiger charge is 2.37. The molecule has 2 aliphatic rings. The van der Waals surface area contributed by atoms with E-state index in [1.54, 1.807) is 0 Å². The molecule has 30 heavy (non-hydrogen) atoms. The highest BCUT2D eigenvalue weighted by atomic mass is 16.2. The molecular formula is C23H29N5O2. The van der Waals surface area contributed by atoms with E-state index in [0.29, 0.717) is 19.5 Å². The minimum absolute atomic E-state index is 0.0509. The summed E-state index contributed by atoms with van der Waals surface area (Å²) in [7, 11) is 0. The molecule has 2 N–H and O–H groups in total. The van der Waals surface area contributed by atoms with Crippen LogP contribution in [0.15, 0.2) is 30.3 Å². The summed E-state index contributed by atoms with van der Waals surface area (Å²) in [5.74, 6) is 0.570. The number of aryl methyl sites for hydroxylation is 2. The van der Waals surface area contributed by atoms with Crippen molar-refractivity contribution >= 4 is 11.8 Å². The molecule has 7 nitrogen and oxygen atoms in total. The average molecular weight is 408 g/mol. The molecule has 0 radical (unpaired) electrons. The number of benzene rings is 1. The number of carbonyl (C=O) groups is 2. The lowest BCUT2D eigenvalue weighted by atomic mass is 10.0. The minimum Gasteiger partial charge on any atom is -0.356 e. The second kappa shape index (κ2) is 8.92. The van der Waals surface area contributed by atoms with Crippen LogP contribution in [-0.4, -0.2) is 58.4 Å². The third kappa shape index (κ3) is 4.67. The van der Waals surface area contributed by atoms with Gasteiger partial charge in [0.05, 0.1) is 12.5 Å². The number of piperazine rings is 1. The van der Waals surface area contributed by atoms with Crippen LogP contribution in [0.5, 0.6) is 0 Å². The number of hydrogen-bond donors (Lipinski definition) is 2. The van der Waals surface area contributed by atoms with E-state index >= 15 is 0 Å². The number of rotatable bonds is 6. The van der Waals surface area contributed by atoms with Gasteiger partial charge in [-0.05, 0) is 43.9 Å². The van der Waals surface area contributed by atoms with Gasteiger partial charge < -0.3 is 10.6 Å². The van der Waals surface area contributed by atoms with Gasteiger partial charge in [-0.15, -0.1) is 0 Å². The van der Waals surface area contributed by atoms with E-state index in [-0.39, 0.29) is 24.3 Å². The lowest BCUT2D eigenvalue weighted by Crippen LogP contribution is -2.59. The molecule has 1 aliphatic heterocycles. The number of fused-ring (bicyclic) bond motifs is 1. The van der Waals surface area contributed by atoms with Crippen molar-refractivity contribution < 1.29 is 9.59 Å². The van der Waals surface area contributed by atoms with Gasteiger partial charge in [-0.3, -0.25) is 14.5 Å². The van der Waals surface area contributed by atoms with Crippen LogP contribution in [-0.2, 0) is 28.9 Å². The second-order valence-corrected chi connectivity index (χ2v) is 8.25. The van der Waals surface area contributed by atoms with Crippen molar-refractivity contribution in [1.29, 1.82) is 0 Å². The predicted molar refractivity (Wildman–Crippen MR) is 114 cm³/mol. The fourth-order valence-corrected chi connectivity index (χ4v) is 4.62. The second-order valence-electron chi connectivity index (χ2n) is 8.25. The molecule has 0 spiro atoms. The number of amides is 2. The van der Waals surface area contributed by atoms with Gasteiger partial charge in [0.1, 0.15) is 5.82 Å². The van der Waals surface area contributed by atoms with Gasteiger partial charge in [-0.2, -0.15) is 0 Å². The molecule has 2 heterocycles. The Bertz CT molecular complexity index is 900. The Morgan fingerprint density at radius 3 is 2.50 bits per heavy atom. The summed E-state index contributed by atoms with van der Waals surface area (Å²) in [4.78, 5) is 36.2. The van der Waals surface area contributed by atoms with Crippen molar-refractivity contribution in [2.45, 2.75) is 51.6 Å². The minimum atomic E-state index is -0.421. The van der Waals surface area contributed by atoms with Gasteiger partial charge in [0.2, 0.25) is 11.8 Å². The number of aromatic nitrogens is 2. The van der Waals surface area contributed by atoms with Crippen molar-refractivity contribution in [3.63, 3.8) is 0 Å². The lowest BCUT2D eigenvalue weighted by Gasteiger charge is -2.38. The number of hydrogen-bond acceptors (Lipinski definition) is 5. The average Bonchev–Trinajstić information content (AvgIpc) is 3.13. The summed E-state index contributed by atoms with van der Waals surface area (Å²) in [6, 6.07) is 10.2. The molecule has 7 heteroatoms. The quantitative estimate of drug-likeness (QED) is 0.749. The number of carbonyl (C=O) groups excluding carboxylic acids is 2. The summed E-state index contributed by atoms with van der Waals surface area (Å²) in [5, 5.41) is 5.87. The van der Waals surface area contributed by atoms with Crippen LogP contribution in [0.3, 0.4) is 0 Å². The van der Waals surface area contributed by atoms with E-state index in [1.165, 1.54) is 11.1 Å². The first-order valence-corrected chi connectivity index (χ1v) is 10.7. The topological polar surface area (TPSA) is 87.2 Å². The third-order valence-corrected chi connectivity index (χ3v) is 5.95. The zero-order chi connectivity index (χ0) is 21.1. The van der Waals surface area contributed by atoms with Crippen LogP contribution in [0.25, 0.3) is 0 Å². The van der Waals surface area contributed by atoms with Crippen LogP contribution < -0.4 is 10.6 Å². The summed E-state index contributed by atoms with van der Waals surface area (Å²) in [6.45, 7) is 5.75. The predicted octanol–water partition coefficient (Wildman–Crippen LogP) is 1.11. The molecule has 0 bridgehead atoms. The normalized spacial score (nSPS) is 19.4. The molecule has 1 aliphatic carbocycles. The standard InChI is InChI=1S/C23H29N5O2/c1-15-11-16(2)27-21(26-15)7-8-24-22(29)14-20-23(30)25-9-10-28(20)19-12-17-5-3-4-6-18(17)13-19/h3-6,11,19-20H,7-10,12-14H2,1-2H3,(H,24,29)(H,25,30). The number of nitrogens with one attached hydrogen (secondary N) is 2. The Morgan fingerprint density at radius 1 is 1.17 bits per heavy atom. The molecule has 1 fully saturated rings. The van der Waals surface area contributed by atoms with E-state index in [4.69, 9.17) is 0 Å². The van der Waals surface area contributed by atoms with Crippen molar-refractivity contribution in [1.82, 2.24) is 25.5 Å². The molecule has 1 unspecified atom stereocenters. The van der Waals surface area contributed by atoms with Crippen LogP contribution in [0.2, 0.25) is 0 Å². The summed E-state index contributed by atoms with van der Waals surface area (Å²) >= 11 is 0. The Labute approximate surface area is 177 Å². The Hall–Kier alpha value is -2.80. The lowest BCUT2D eigenvalue weighted by molar-refractivity contribution is -0.135. The molecule has 1 aromatic carbocycles. The van der Waals surface area contributed by atoms with Crippen LogP contribution in [0.4, 0.5) is 0 Å². The Balaban J connectivity index is 1.34. The van der Waals surface area contributed by atoms with Gasteiger partial charge in [0, 0.05) is 43.5 Å². The molecule has 1 aromatic heterocycles. The molecular weight excluding hydrogens is 378 g/mol. The first-order chi connectivity index (χ1) is 14.5. The first kappa shape index (κ1) is 20.5. The molecule has 0 saturated carbocycles. The Morgan fingerprint density at radius 2 is 1.83 bits per heavy atom. The zero-order valence-corrected chi connectivity index (χ0v) is 17.6. The summed E-state index contributed by atoms with van der Waals surface area (Å²) in [5.41, 5.74) is 4.56. The van der Waals surface area contributed by atoms with Gasteiger partial charge >= 0.3 is 0 Å². The third-order valence-electron chi connectivity index (χ3n) is 5.95. The van der Waals surface area contributed by atoms with E-state index in [9.17, 15) is 9.59 Å². The van der Waals surface area contributed by atoms with Crippen LogP contribution in [0.1, 0.15) is 34.8 Å². The molecule has 4 rings (SSSR count). The molecule has 158 valence electrons. The van der Waals surface area contributed by atoms with Gasteiger partial charge in [-0.25, -0.2) is 9.97 Å². The largest absolute Gasteiger partial charge is 0.356 e. The highest BCUT2D eigenvalue weighted by molar-refractivity contribution is 5.88. The smallest absolute Gasteiger partial charge is 0.237 e. The fourth-order valence-electron chi connectivity index (χ4n) is 4.62.